The molecule has 5 aromatic rings. The molecule has 0 saturated heterocycles. The van der Waals surface area contributed by atoms with Gasteiger partial charge >= 0.3 is 0 Å². The first kappa shape index (κ1) is 16.4. The van der Waals surface area contributed by atoms with E-state index >= 15 is 0 Å². The van der Waals surface area contributed by atoms with Crippen LogP contribution in [0.2, 0.25) is 0 Å². The van der Waals surface area contributed by atoms with Crippen molar-refractivity contribution in [3.63, 3.8) is 0 Å². The summed E-state index contributed by atoms with van der Waals surface area (Å²) in [6, 6.07) is 14.4. The zero-order valence-corrected chi connectivity index (χ0v) is 15.4. The van der Waals surface area contributed by atoms with Crippen LogP contribution in [0.4, 0.5) is 11.6 Å². The van der Waals surface area contributed by atoms with Crippen molar-refractivity contribution in [2.75, 3.05) is 5.32 Å². The van der Waals surface area contributed by atoms with Crippen LogP contribution in [0.25, 0.3) is 16.8 Å². The molecule has 0 aliphatic carbocycles. The minimum absolute atomic E-state index is 0.209. The zero-order valence-electron chi connectivity index (χ0n) is 14.6. The third-order valence-electron chi connectivity index (χ3n) is 4.04. The highest BCUT2D eigenvalue weighted by atomic mass is 32.1. The van der Waals surface area contributed by atoms with Gasteiger partial charge in [0.2, 0.25) is 5.95 Å². The molecule has 9 nitrogen and oxygen atoms in total. The second kappa shape index (κ2) is 6.43. The number of aryl methyl sites for hydroxylation is 1. The van der Waals surface area contributed by atoms with Crippen molar-refractivity contribution in [3.05, 3.63) is 64.6 Å². The summed E-state index contributed by atoms with van der Waals surface area (Å²) < 4.78 is 15.5. The first-order chi connectivity index (χ1) is 13.6. The van der Waals surface area contributed by atoms with E-state index in [1.165, 1.54) is 22.3 Å². The minimum atomic E-state index is -0.209. The summed E-state index contributed by atoms with van der Waals surface area (Å²) in [6.45, 7) is 1.75. The van der Waals surface area contributed by atoms with E-state index in [1.54, 1.807) is 6.92 Å². The molecule has 138 valence electrons. The Labute approximate surface area is 162 Å². The SMILES string of the molecule is Cc1cc(=O)n2[nH]c(Nc3ccc(Oc4ccc5nsnc5c4)cc3)nc2n1. The van der Waals surface area contributed by atoms with Crippen molar-refractivity contribution in [2.45, 2.75) is 6.92 Å². The van der Waals surface area contributed by atoms with Crippen molar-refractivity contribution >= 4 is 40.2 Å². The van der Waals surface area contributed by atoms with E-state index in [0.29, 0.717) is 28.9 Å². The molecule has 0 radical (unpaired) electrons. The van der Waals surface area contributed by atoms with Crippen LogP contribution in [0.5, 0.6) is 11.5 Å². The summed E-state index contributed by atoms with van der Waals surface area (Å²) in [5.41, 5.74) is 2.86. The number of fused-ring (bicyclic) bond motifs is 2. The molecule has 2 N–H and O–H groups in total. The summed E-state index contributed by atoms with van der Waals surface area (Å²) in [7, 11) is 0. The molecule has 2 aromatic carbocycles. The second-order valence-corrected chi connectivity index (χ2v) is 6.64. The molecule has 0 saturated carbocycles. The number of nitrogens with one attached hydrogen (secondary N) is 2. The number of hydrogen-bond donors (Lipinski definition) is 2. The van der Waals surface area contributed by atoms with E-state index in [9.17, 15) is 4.79 Å². The minimum Gasteiger partial charge on any atom is -0.457 e. The lowest BCUT2D eigenvalue weighted by Crippen LogP contribution is -2.14. The second-order valence-electron chi connectivity index (χ2n) is 6.11. The van der Waals surface area contributed by atoms with Crippen molar-refractivity contribution in [1.82, 2.24) is 28.3 Å². The Bertz CT molecular complexity index is 1350. The van der Waals surface area contributed by atoms with Gasteiger partial charge in [-0.25, -0.2) is 4.98 Å². The first-order valence-electron chi connectivity index (χ1n) is 8.38. The lowest BCUT2D eigenvalue weighted by molar-refractivity contribution is 0.483. The van der Waals surface area contributed by atoms with Gasteiger partial charge in [0.15, 0.2) is 0 Å². The van der Waals surface area contributed by atoms with Crippen molar-refractivity contribution < 1.29 is 4.74 Å². The van der Waals surface area contributed by atoms with Gasteiger partial charge in [0.05, 0.1) is 11.7 Å². The van der Waals surface area contributed by atoms with Gasteiger partial charge in [-0.3, -0.25) is 9.89 Å². The lowest BCUT2D eigenvalue weighted by atomic mass is 10.3. The largest absolute Gasteiger partial charge is 0.457 e. The predicted molar refractivity (Wildman–Crippen MR) is 106 cm³/mol. The number of H-pyrrole nitrogens is 1. The van der Waals surface area contributed by atoms with Gasteiger partial charge in [-0.05, 0) is 43.3 Å². The van der Waals surface area contributed by atoms with E-state index in [4.69, 9.17) is 4.74 Å². The summed E-state index contributed by atoms with van der Waals surface area (Å²) in [6.07, 6.45) is 0. The highest BCUT2D eigenvalue weighted by Gasteiger charge is 2.07. The van der Waals surface area contributed by atoms with Crippen LogP contribution in [0.1, 0.15) is 5.69 Å². The zero-order chi connectivity index (χ0) is 19.1. The Balaban J connectivity index is 1.34. The number of rotatable bonds is 4. The van der Waals surface area contributed by atoms with E-state index in [-0.39, 0.29) is 5.56 Å². The Kier molecular flexibility index (Phi) is 3.76. The molecule has 0 spiro atoms. The molecule has 0 aliphatic heterocycles. The average Bonchev–Trinajstić information content (AvgIpc) is 3.29. The third kappa shape index (κ3) is 3.05. The monoisotopic (exact) mass is 391 g/mol. The number of benzene rings is 2. The van der Waals surface area contributed by atoms with Crippen LogP contribution in [0, 0.1) is 6.92 Å². The van der Waals surface area contributed by atoms with Crippen LogP contribution >= 0.6 is 11.7 Å². The summed E-state index contributed by atoms with van der Waals surface area (Å²) in [4.78, 5) is 20.5. The maximum absolute atomic E-state index is 11.9. The molecule has 0 unspecified atom stereocenters. The molecule has 0 aliphatic rings. The van der Waals surface area contributed by atoms with Gasteiger partial charge in [-0.15, -0.1) is 0 Å². The van der Waals surface area contributed by atoms with Gasteiger partial charge in [0.1, 0.15) is 22.5 Å². The fraction of sp³-hybridized carbons (Fsp3) is 0.0556. The molecule has 3 heterocycles. The number of ether oxygens (including phenoxy) is 1. The maximum atomic E-state index is 11.9. The Hall–Kier alpha value is -3.79. The molecule has 0 fully saturated rings. The van der Waals surface area contributed by atoms with Crippen molar-refractivity contribution in [3.8, 4) is 11.5 Å². The fourth-order valence-electron chi connectivity index (χ4n) is 2.75. The molecule has 0 atom stereocenters. The Morgan fingerprint density at radius 3 is 2.64 bits per heavy atom. The summed E-state index contributed by atoms with van der Waals surface area (Å²) >= 11 is 1.18. The first-order valence-corrected chi connectivity index (χ1v) is 9.11. The molecular weight excluding hydrogens is 378 g/mol. The average molecular weight is 391 g/mol. The molecule has 0 bridgehead atoms. The smallest absolute Gasteiger partial charge is 0.274 e. The quantitative estimate of drug-likeness (QED) is 0.484. The number of hydrogen-bond acceptors (Lipinski definition) is 8. The lowest BCUT2D eigenvalue weighted by Gasteiger charge is -2.07. The highest BCUT2D eigenvalue weighted by molar-refractivity contribution is 7.00. The van der Waals surface area contributed by atoms with Gasteiger partial charge in [0, 0.05) is 23.5 Å². The van der Waals surface area contributed by atoms with Gasteiger partial charge in [0.25, 0.3) is 11.3 Å². The Morgan fingerprint density at radius 2 is 1.79 bits per heavy atom. The van der Waals surface area contributed by atoms with Crippen molar-refractivity contribution in [2.24, 2.45) is 0 Å². The number of nitrogens with zero attached hydrogens (tertiary/aromatic N) is 5. The number of aromatic nitrogens is 6. The van der Waals surface area contributed by atoms with E-state index < -0.39 is 0 Å². The van der Waals surface area contributed by atoms with Crippen LogP contribution in [0.3, 0.4) is 0 Å². The molecule has 3 aromatic heterocycles. The van der Waals surface area contributed by atoms with Crippen LogP contribution in [0.15, 0.2) is 53.3 Å². The van der Waals surface area contributed by atoms with Crippen LogP contribution in [-0.4, -0.2) is 28.3 Å². The molecular formula is C18H13N7O2S. The maximum Gasteiger partial charge on any atom is 0.274 e. The van der Waals surface area contributed by atoms with E-state index in [1.807, 2.05) is 42.5 Å². The van der Waals surface area contributed by atoms with Crippen LogP contribution in [-0.2, 0) is 0 Å². The van der Waals surface area contributed by atoms with E-state index in [0.717, 1.165) is 16.7 Å². The molecule has 28 heavy (non-hydrogen) atoms. The topological polar surface area (TPSA) is 110 Å². The Morgan fingerprint density at radius 1 is 1.00 bits per heavy atom. The van der Waals surface area contributed by atoms with E-state index in [2.05, 4.69) is 29.1 Å². The molecule has 0 amide bonds. The number of anilines is 2. The third-order valence-corrected chi connectivity index (χ3v) is 4.59. The van der Waals surface area contributed by atoms with Crippen LogP contribution < -0.4 is 15.6 Å². The summed E-state index contributed by atoms with van der Waals surface area (Å²) in [5.74, 6) is 2.12. The standard InChI is InChI=1S/C18H13N7O2S/c1-10-8-16(26)25-18(19-10)21-17(22-25)20-11-2-4-12(5-3-11)27-13-6-7-14-15(9-13)24-28-23-14/h2-9H,1H3,(H2,19,20,21,22). The summed E-state index contributed by atoms with van der Waals surface area (Å²) in [5, 5.41) is 6.00. The van der Waals surface area contributed by atoms with Crippen molar-refractivity contribution in [1.29, 1.82) is 0 Å². The van der Waals surface area contributed by atoms with Gasteiger partial charge < -0.3 is 10.1 Å². The number of aromatic amines is 1. The van der Waals surface area contributed by atoms with Gasteiger partial charge in [-0.2, -0.15) is 18.2 Å². The predicted octanol–water partition coefficient (Wildman–Crippen LogP) is 3.27. The normalized spacial score (nSPS) is 11.2. The highest BCUT2D eigenvalue weighted by Crippen LogP contribution is 2.26. The molecule has 5 rings (SSSR count). The fourth-order valence-corrected chi connectivity index (χ4v) is 3.27. The molecule has 10 heteroatoms. The van der Waals surface area contributed by atoms with Gasteiger partial charge in [-0.1, -0.05) is 0 Å².